The van der Waals surface area contributed by atoms with Gasteiger partial charge in [0.25, 0.3) is 5.91 Å². The Hall–Kier alpha value is -3.47. The molecule has 0 aliphatic carbocycles. The quantitative estimate of drug-likeness (QED) is 0.318. The number of guanidine groups is 1. The molecule has 0 radical (unpaired) electrons. The number of carbonyl (C=O) groups is 1. The Bertz CT molecular complexity index is 1230. The van der Waals surface area contributed by atoms with Crippen LogP contribution in [-0.2, 0) is 15.6 Å². The summed E-state index contributed by atoms with van der Waals surface area (Å²) >= 11 is 0. The number of hydrogen-bond donors (Lipinski definition) is 5. The van der Waals surface area contributed by atoms with E-state index in [1.807, 2.05) is 0 Å². The van der Waals surface area contributed by atoms with Gasteiger partial charge in [-0.05, 0) is 19.1 Å². The lowest BCUT2D eigenvalue weighted by Gasteiger charge is -2.35. The summed E-state index contributed by atoms with van der Waals surface area (Å²) in [6.45, 7) is 1.19. The molecule has 178 valence electrons. The topological polar surface area (TPSA) is 201 Å². The third-order valence-electron chi connectivity index (χ3n) is 4.54. The number of aromatic nitrogens is 2. The number of nitrogens with zero attached hydrogens (tertiary/aromatic N) is 4. The van der Waals surface area contributed by atoms with Gasteiger partial charge in [-0.15, -0.1) is 0 Å². The second kappa shape index (κ2) is 8.14. The maximum absolute atomic E-state index is 15.3. The molecular weight excluding hydrogens is 470 g/mol. The molecule has 1 aliphatic heterocycles. The van der Waals surface area contributed by atoms with Crippen LogP contribution in [0.5, 0.6) is 5.88 Å². The number of benzene rings is 1. The second-order valence-corrected chi connectivity index (χ2v) is 9.12. The van der Waals surface area contributed by atoms with E-state index in [2.05, 4.69) is 25.0 Å². The number of nitrogens with two attached hydrogens (primary N) is 1. The van der Waals surface area contributed by atoms with E-state index in [-0.39, 0.29) is 5.69 Å². The van der Waals surface area contributed by atoms with Gasteiger partial charge in [-0.25, -0.2) is 36.5 Å². The van der Waals surface area contributed by atoms with Crippen LogP contribution in [0, 0.1) is 11.6 Å². The highest BCUT2D eigenvalue weighted by Crippen LogP contribution is 2.37. The fourth-order valence-corrected chi connectivity index (χ4v) is 4.47. The molecule has 0 spiro atoms. The summed E-state index contributed by atoms with van der Waals surface area (Å²) in [5.41, 5.74) is 2.08. The number of amides is 1. The fourth-order valence-electron chi connectivity index (χ4n) is 3.03. The first-order chi connectivity index (χ1) is 15.1. The molecule has 13 nitrogen and oxygen atoms in total. The van der Waals surface area contributed by atoms with Crippen LogP contribution in [0.25, 0.3) is 0 Å². The first-order valence-electron chi connectivity index (χ1n) is 8.93. The predicted octanol–water partition coefficient (Wildman–Crippen LogP) is -1.22. The summed E-state index contributed by atoms with van der Waals surface area (Å²) in [5, 5.41) is 28.3. The number of anilines is 1. The summed E-state index contributed by atoms with van der Waals surface area (Å²) in [6.07, 6.45) is -1.94. The lowest BCUT2D eigenvalue weighted by molar-refractivity contribution is -0.420. The number of carbonyl (C=O) groups excluding carboxylic acids is 1. The Labute approximate surface area is 185 Å². The number of hydrogen-bond acceptors (Lipinski definition) is 11. The third-order valence-corrected chi connectivity index (χ3v) is 6.49. The Kier molecular flexibility index (Phi) is 5.97. The molecule has 3 rings (SSSR count). The lowest BCUT2D eigenvalue weighted by atomic mass is 9.92. The predicted molar refractivity (Wildman–Crippen MR) is 107 cm³/mol. The van der Waals surface area contributed by atoms with Crippen LogP contribution in [0.15, 0.2) is 29.5 Å². The molecule has 1 amide bonds. The second-order valence-electron chi connectivity index (χ2n) is 7.12. The molecular formula is C17H18F2N6O7S. The number of ether oxygens (including phenoxy) is 1. The van der Waals surface area contributed by atoms with E-state index in [4.69, 9.17) is 21.1 Å². The Morgan fingerprint density at radius 1 is 1.27 bits per heavy atom. The molecule has 1 aliphatic rings. The van der Waals surface area contributed by atoms with Crippen LogP contribution in [0.3, 0.4) is 0 Å². The zero-order valence-electron chi connectivity index (χ0n) is 17.0. The maximum atomic E-state index is 15.3. The first kappa shape index (κ1) is 24.2. The number of rotatable bonds is 5. The van der Waals surface area contributed by atoms with Crippen molar-refractivity contribution >= 4 is 27.6 Å². The molecule has 1 atom stereocenters. The first-order valence-corrected chi connectivity index (χ1v) is 10.5. The highest BCUT2D eigenvalue weighted by molar-refractivity contribution is 7.89. The van der Waals surface area contributed by atoms with Crippen molar-refractivity contribution in [1.82, 2.24) is 14.3 Å². The Morgan fingerprint density at radius 3 is 2.48 bits per heavy atom. The van der Waals surface area contributed by atoms with Crippen LogP contribution >= 0.6 is 0 Å². The van der Waals surface area contributed by atoms with Crippen LogP contribution in [0.1, 0.15) is 23.0 Å². The highest BCUT2D eigenvalue weighted by Gasteiger charge is 2.44. The van der Waals surface area contributed by atoms with Crippen LogP contribution < -0.4 is 15.8 Å². The number of aliphatic hydroxyl groups is 3. The van der Waals surface area contributed by atoms with E-state index in [0.29, 0.717) is 4.31 Å². The highest BCUT2D eigenvalue weighted by atomic mass is 32.2. The van der Waals surface area contributed by atoms with Crippen LogP contribution in [0.4, 0.5) is 14.5 Å². The molecule has 0 saturated heterocycles. The maximum Gasteiger partial charge on any atom is 0.454 e. The minimum atomic E-state index is -4.02. The van der Waals surface area contributed by atoms with Crippen molar-refractivity contribution in [3.05, 3.63) is 47.4 Å². The van der Waals surface area contributed by atoms with Crippen molar-refractivity contribution in [2.45, 2.75) is 18.6 Å². The average Bonchev–Trinajstić information content (AvgIpc) is 2.67. The monoisotopic (exact) mass is 488 g/mol. The van der Waals surface area contributed by atoms with Crippen molar-refractivity contribution in [3.8, 4) is 5.88 Å². The van der Waals surface area contributed by atoms with Gasteiger partial charge in [-0.3, -0.25) is 4.79 Å². The van der Waals surface area contributed by atoms with E-state index in [1.165, 1.54) is 6.92 Å². The standard InChI is InChI=1S/C17H18F2N6O7S/c1-16(7-33(30,31)25(2)15(20)24-16)12-8(18)3-4-9(13(12)19)23-14(26)10-5-22-11(6-21-10)32-17(27,28)29/h3-6,27-29H,7H2,1-2H3,(H2,20,24)(H,23,26)/t16-/m0/s1. The van der Waals surface area contributed by atoms with Gasteiger partial charge < -0.3 is 31.1 Å². The average molecular weight is 488 g/mol. The lowest BCUT2D eigenvalue weighted by Crippen LogP contribution is -2.50. The smallest absolute Gasteiger partial charge is 0.397 e. The molecule has 16 heteroatoms. The number of halogens is 2. The van der Waals surface area contributed by atoms with Gasteiger partial charge in [0.2, 0.25) is 21.9 Å². The van der Waals surface area contributed by atoms with Crippen molar-refractivity contribution in [2.75, 3.05) is 18.1 Å². The van der Waals surface area contributed by atoms with Gasteiger partial charge in [-0.2, -0.15) is 0 Å². The molecule has 1 aromatic heterocycles. The van der Waals surface area contributed by atoms with Gasteiger partial charge in [0.15, 0.2) is 5.82 Å². The molecule has 0 unspecified atom stereocenters. The molecule has 2 aromatic rings. The number of sulfonamides is 1. The van der Waals surface area contributed by atoms with Crippen molar-refractivity contribution in [3.63, 3.8) is 0 Å². The molecule has 33 heavy (non-hydrogen) atoms. The number of aliphatic imine (C=N–C) groups is 1. The molecule has 1 aromatic carbocycles. The minimum absolute atomic E-state index is 0.387. The third kappa shape index (κ3) is 4.98. The van der Waals surface area contributed by atoms with Gasteiger partial charge in [0, 0.05) is 7.05 Å². The van der Waals surface area contributed by atoms with Gasteiger partial charge in [0.05, 0.1) is 29.4 Å². The van der Waals surface area contributed by atoms with E-state index >= 15 is 4.39 Å². The van der Waals surface area contributed by atoms with Gasteiger partial charge in [0.1, 0.15) is 17.1 Å². The molecule has 6 N–H and O–H groups in total. The normalized spacial score (nSPS) is 20.2. The minimum Gasteiger partial charge on any atom is -0.397 e. The largest absolute Gasteiger partial charge is 0.454 e. The van der Waals surface area contributed by atoms with Crippen molar-refractivity contribution in [2.24, 2.45) is 10.7 Å². The Balaban J connectivity index is 1.93. The fraction of sp³-hybridized carbons (Fsp3) is 0.294. The van der Waals surface area contributed by atoms with Gasteiger partial charge in [-0.1, -0.05) is 0 Å². The zero-order valence-corrected chi connectivity index (χ0v) is 17.8. The summed E-state index contributed by atoms with van der Waals surface area (Å²) in [7, 11) is -2.87. The zero-order chi connectivity index (χ0) is 24.8. The van der Waals surface area contributed by atoms with E-state index in [9.17, 15) is 17.6 Å². The summed E-state index contributed by atoms with van der Waals surface area (Å²) in [4.78, 5) is 23.5. The van der Waals surface area contributed by atoms with Crippen LogP contribution in [0.2, 0.25) is 0 Å². The van der Waals surface area contributed by atoms with Crippen molar-refractivity contribution in [1.29, 1.82) is 0 Å². The van der Waals surface area contributed by atoms with Crippen molar-refractivity contribution < 1.29 is 42.0 Å². The Morgan fingerprint density at radius 2 is 1.94 bits per heavy atom. The van der Waals surface area contributed by atoms with Gasteiger partial charge >= 0.3 is 6.16 Å². The molecule has 2 heterocycles. The summed E-state index contributed by atoms with van der Waals surface area (Å²) in [5.74, 6) is -5.18. The molecule has 0 fully saturated rings. The van der Waals surface area contributed by atoms with E-state index in [0.717, 1.165) is 31.6 Å². The summed E-state index contributed by atoms with van der Waals surface area (Å²) < 4.78 is 59.4. The summed E-state index contributed by atoms with van der Waals surface area (Å²) in [6, 6.07) is 1.73. The SMILES string of the molecule is CN1C(N)=N[C@](C)(c2c(F)ccc(NC(=O)c3cnc(OC(O)(O)O)cn3)c2F)CS1(=O)=O. The van der Waals surface area contributed by atoms with E-state index in [1.54, 1.807) is 0 Å². The van der Waals surface area contributed by atoms with E-state index < -0.39 is 68.1 Å². The van der Waals surface area contributed by atoms with Crippen LogP contribution in [-0.4, -0.2) is 68.8 Å². The molecule has 0 bridgehead atoms. The number of nitrogens with one attached hydrogen (secondary N) is 1. The molecule has 0 saturated carbocycles.